The van der Waals surface area contributed by atoms with Crippen molar-refractivity contribution in [3.63, 3.8) is 0 Å². The van der Waals surface area contributed by atoms with Crippen LogP contribution in [0.25, 0.3) is 0 Å². The van der Waals surface area contributed by atoms with E-state index in [0.717, 1.165) is 25.1 Å². The Morgan fingerprint density at radius 1 is 1.36 bits per heavy atom. The molecule has 0 aliphatic rings. The third kappa shape index (κ3) is 5.56. The minimum absolute atomic E-state index is 0.252. The van der Waals surface area contributed by atoms with Gasteiger partial charge in [0.05, 0.1) is 12.7 Å². The Kier molecular flexibility index (Phi) is 6.52. The summed E-state index contributed by atoms with van der Waals surface area (Å²) >= 11 is 0. The van der Waals surface area contributed by atoms with Gasteiger partial charge in [0.1, 0.15) is 5.60 Å². The molecule has 0 spiro atoms. The van der Waals surface area contributed by atoms with E-state index in [9.17, 15) is 5.11 Å². The maximum atomic E-state index is 10.6. The summed E-state index contributed by atoms with van der Waals surface area (Å²) in [7, 11) is 1.83. The van der Waals surface area contributed by atoms with Crippen LogP contribution in [0.4, 0.5) is 0 Å². The number of nitrogens with zero attached hydrogens (tertiary/aromatic N) is 4. The van der Waals surface area contributed by atoms with Crippen LogP contribution in [0.15, 0.2) is 35.8 Å². The van der Waals surface area contributed by atoms with E-state index in [1.54, 1.807) is 17.8 Å². The van der Waals surface area contributed by atoms with Gasteiger partial charge in [0.2, 0.25) is 0 Å². The molecule has 136 valence electrons. The van der Waals surface area contributed by atoms with Crippen molar-refractivity contribution in [2.24, 2.45) is 12.0 Å². The van der Waals surface area contributed by atoms with Gasteiger partial charge in [-0.15, -0.1) is 0 Å². The predicted octanol–water partition coefficient (Wildman–Crippen LogP) is 1.13. The lowest BCUT2D eigenvalue weighted by molar-refractivity contribution is 0.0672. The lowest BCUT2D eigenvalue weighted by Gasteiger charge is -2.20. The van der Waals surface area contributed by atoms with Crippen molar-refractivity contribution in [2.45, 2.75) is 32.8 Å². The topological polar surface area (TPSA) is 87.4 Å². The molecule has 7 heteroatoms. The zero-order valence-corrected chi connectivity index (χ0v) is 15.5. The summed E-state index contributed by atoms with van der Waals surface area (Å²) in [6, 6.07) is 2.04. The molecule has 0 fully saturated rings. The summed E-state index contributed by atoms with van der Waals surface area (Å²) in [6.07, 6.45) is 8.05. The van der Waals surface area contributed by atoms with Crippen LogP contribution in [-0.2, 0) is 19.1 Å². The molecule has 25 heavy (non-hydrogen) atoms. The summed E-state index contributed by atoms with van der Waals surface area (Å²) in [5, 5.41) is 21.3. The zero-order chi connectivity index (χ0) is 18.3. The van der Waals surface area contributed by atoms with Crippen LogP contribution in [0.3, 0.4) is 0 Å². The third-order valence-corrected chi connectivity index (χ3v) is 4.04. The molecule has 0 aromatic carbocycles. The molecule has 0 aliphatic heterocycles. The molecular weight excluding hydrogens is 316 g/mol. The summed E-state index contributed by atoms with van der Waals surface area (Å²) in [5.74, 6) is 0.693. The fourth-order valence-corrected chi connectivity index (χ4v) is 2.46. The van der Waals surface area contributed by atoms with Crippen LogP contribution in [0.5, 0.6) is 0 Å². The number of hydrogen-bond acceptors (Lipinski definition) is 4. The van der Waals surface area contributed by atoms with Gasteiger partial charge >= 0.3 is 0 Å². The van der Waals surface area contributed by atoms with Crippen LogP contribution >= 0.6 is 0 Å². The molecule has 1 unspecified atom stereocenters. The van der Waals surface area contributed by atoms with Crippen molar-refractivity contribution >= 4 is 5.96 Å². The van der Waals surface area contributed by atoms with Gasteiger partial charge in [0, 0.05) is 44.3 Å². The first-order chi connectivity index (χ1) is 11.9. The van der Waals surface area contributed by atoms with Gasteiger partial charge in [-0.05, 0) is 44.4 Å². The quantitative estimate of drug-likeness (QED) is 0.518. The number of pyridine rings is 1. The van der Waals surface area contributed by atoms with Gasteiger partial charge in [0.15, 0.2) is 5.96 Å². The summed E-state index contributed by atoms with van der Waals surface area (Å²) < 4.78 is 1.67. The second kappa shape index (κ2) is 8.62. The number of rotatable bonds is 7. The number of aromatic nitrogens is 3. The summed E-state index contributed by atoms with van der Waals surface area (Å²) in [6.45, 7) is 7.59. The summed E-state index contributed by atoms with van der Waals surface area (Å²) in [5.41, 5.74) is 2.15. The molecule has 0 aliphatic carbocycles. The fraction of sp³-hybridized carbons (Fsp3) is 0.500. The predicted molar refractivity (Wildman–Crippen MR) is 99.4 cm³/mol. The highest BCUT2D eigenvalue weighted by molar-refractivity contribution is 5.79. The Balaban J connectivity index is 1.94. The van der Waals surface area contributed by atoms with Crippen molar-refractivity contribution in [3.8, 4) is 0 Å². The molecule has 1 atom stereocenters. The highest BCUT2D eigenvalue weighted by Gasteiger charge is 2.24. The number of nitrogens with one attached hydrogen (secondary N) is 2. The number of aryl methyl sites for hydroxylation is 2. The van der Waals surface area contributed by atoms with Crippen molar-refractivity contribution in [2.75, 3.05) is 19.6 Å². The number of hydrogen-bond donors (Lipinski definition) is 3. The van der Waals surface area contributed by atoms with E-state index >= 15 is 0 Å². The molecule has 0 saturated heterocycles. The van der Waals surface area contributed by atoms with Crippen LogP contribution in [0, 0.1) is 6.92 Å². The normalized spacial score (nSPS) is 14.2. The van der Waals surface area contributed by atoms with E-state index in [2.05, 4.69) is 32.6 Å². The van der Waals surface area contributed by atoms with E-state index < -0.39 is 5.60 Å². The highest BCUT2D eigenvalue weighted by atomic mass is 16.3. The first kappa shape index (κ1) is 18.9. The van der Waals surface area contributed by atoms with Crippen LogP contribution in [-0.4, -0.2) is 45.5 Å². The van der Waals surface area contributed by atoms with Gasteiger partial charge < -0.3 is 15.7 Å². The average molecular weight is 344 g/mol. The Bertz CT molecular complexity index is 707. The Hall–Kier alpha value is -2.41. The molecule has 0 bridgehead atoms. The molecule has 7 nitrogen and oxygen atoms in total. The van der Waals surface area contributed by atoms with Crippen molar-refractivity contribution < 1.29 is 5.11 Å². The van der Waals surface area contributed by atoms with E-state index in [1.165, 1.54) is 11.1 Å². The lowest BCUT2D eigenvalue weighted by Crippen LogP contribution is -2.39. The molecule has 0 radical (unpaired) electrons. The Morgan fingerprint density at radius 3 is 2.80 bits per heavy atom. The molecule has 0 saturated carbocycles. The van der Waals surface area contributed by atoms with Crippen molar-refractivity contribution in [1.82, 2.24) is 25.4 Å². The second-order valence-electron chi connectivity index (χ2n) is 6.35. The van der Waals surface area contributed by atoms with E-state index in [4.69, 9.17) is 0 Å². The smallest absolute Gasteiger partial charge is 0.191 e. The average Bonchev–Trinajstić information content (AvgIpc) is 3.02. The number of guanidine groups is 1. The highest BCUT2D eigenvalue weighted by Crippen LogP contribution is 2.19. The maximum Gasteiger partial charge on any atom is 0.191 e. The molecular formula is C18H28N6O. The number of aliphatic hydroxyl groups is 1. The molecule has 3 N–H and O–H groups in total. The SMILES string of the molecule is CCNC(=NCC(C)(O)c1cnn(C)c1)NCCc1ccncc1C. The van der Waals surface area contributed by atoms with E-state index in [0.29, 0.717) is 5.96 Å². The van der Waals surface area contributed by atoms with Gasteiger partial charge in [-0.3, -0.25) is 9.67 Å². The van der Waals surface area contributed by atoms with Crippen LogP contribution in [0.1, 0.15) is 30.5 Å². The molecule has 2 rings (SSSR count). The first-order valence-corrected chi connectivity index (χ1v) is 8.55. The second-order valence-corrected chi connectivity index (χ2v) is 6.35. The lowest BCUT2D eigenvalue weighted by atomic mass is 10.0. The van der Waals surface area contributed by atoms with Crippen LogP contribution < -0.4 is 10.6 Å². The molecule has 2 aromatic rings. The van der Waals surface area contributed by atoms with Gasteiger partial charge in [-0.1, -0.05) is 0 Å². The van der Waals surface area contributed by atoms with Gasteiger partial charge in [0.25, 0.3) is 0 Å². The van der Waals surface area contributed by atoms with Gasteiger partial charge in [-0.25, -0.2) is 4.99 Å². The summed E-state index contributed by atoms with van der Waals surface area (Å²) in [4.78, 5) is 8.63. The van der Waals surface area contributed by atoms with E-state index in [-0.39, 0.29) is 6.54 Å². The zero-order valence-electron chi connectivity index (χ0n) is 15.5. The van der Waals surface area contributed by atoms with Crippen molar-refractivity contribution in [3.05, 3.63) is 47.5 Å². The Labute approximate surface area is 149 Å². The Morgan fingerprint density at radius 2 is 2.16 bits per heavy atom. The monoisotopic (exact) mass is 344 g/mol. The van der Waals surface area contributed by atoms with Crippen molar-refractivity contribution in [1.29, 1.82) is 0 Å². The van der Waals surface area contributed by atoms with Gasteiger partial charge in [-0.2, -0.15) is 5.10 Å². The standard InChI is InChI=1S/C18H28N6O/c1-5-20-17(21-9-7-15-6-8-19-10-14(15)2)22-13-18(3,25)16-11-23-24(4)12-16/h6,8,10-12,25H,5,7,9,13H2,1-4H3,(H2,20,21,22). The minimum atomic E-state index is -1.06. The molecule has 2 heterocycles. The largest absolute Gasteiger partial charge is 0.383 e. The number of aliphatic imine (C=N–C) groups is 1. The maximum absolute atomic E-state index is 10.6. The van der Waals surface area contributed by atoms with E-state index in [1.807, 2.05) is 38.6 Å². The molecule has 2 aromatic heterocycles. The third-order valence-electron chi connectivity index (χ3n) is 4.04. The minimum Gasteiger partial charge on any atom is -0.383 e. The first-order valence-electron chi connectivity index (χ1n) is 8.55. The molecule has 0 amide bonds. The fourth-order valence-electron chi connectivity index (χ4n) is 2.46. The van der Waals surface area contributed by atoms with Crippen LogP contribution in [0.2, 0.25) is 0 Å².